The highest BCUT2D eigenvalue weighted by atomic mass is 35.5. The second-order valence-corrected chi connectivity index (χ2v) is 8.97. The van der Waals surface area contributed by atoms with E-state index in [1.54, 1.807) is 24.3 Å². The number of sulfonamides is 1. The minimum Gasteiger partial charge on any atom is -0.337 e. The maximum atomic E-state index is 13.5. The summed E-state index contributed by atoms with van der Waals surface area (Å²) in [7, 11) is -3.81. The van der Waals surface area contributed by atoms with Gasteiger partial charge in [0.05, 0.1) is 4.90 Å². The summed E-state index contributed by atoms with van der Waals surface area (Å²) in [4.78, 5) is 4.45. The smallest absolute Gasteiger partial charge is 0.245 e. The molecule has 0 saturated carbocycles. The molecule has 1 aromatic heterocycles. The number of rotatable bonds is 4. The second kappa shape index (κ2) is 7.27. The maximum absolute atomic E-state index is 13.5. The predicted molar refractivity (Wildman–Crippen MR) is 102 cm³/mol. The molecule has 1 unspecified atom stereocenters. The molecule has 2 heterocycles. The molecule has 28 heavy (non-hydrogen) atoms. The van der Waals surface area contributed by atoms with Crippen molar-refractivity contribution in [3.8, 4) is 11.4 Å². The molecule has 9 heteroatoms. The number of hydrogen-bond donors (Lipinski definition) is 0. The largest absolute Gasteiger partial charge is 0.337 e. The van der Waals surface area contributed by atoms with Crippen molar-refractivity contribution in [1.82, 2.24) is 14.4 Å². The predicted octanol–water partition coefficient (Wildman–Crippen LogP) is 4.36. The van der Waals surface area contributed by atoms with Crippen molar-refractivity contribution >= 4 is 21.6 Å². The molecule has 1 saturated heterocycles. The number of nitrogens with zero attached hydrogens (tertiary/aromatic N) is 3. The summed E-state index contributed by atoms with van der Waals surface area (Å²) in [5.74, 6) is 0.167. The lowest BCUT2D eigenvalue weighted by molar-refractivity contribution is 0.290. The number of aromatic nitrogens is 2. The fraction of sp³-hybridized carbons (Fsp3) is 0.263. The Morgan fingerprint density at radius 3 is 2.68 bits per heavy atom. The van der Waals surface area contributed by atoms with Crippen molar-refractivity contribution < 1.29 is 17.3 Å². The van der Waals surface area contributed by atoms with Gasteiger partial charge in [0.15, 0.2) is 0 Å². The molecule has 0 radical (unpaired) electrons. The summed E-state index contributed by atoms with van der Waals surface area (Å²) < 4.78 is 46.5. The van der Waals surface area contributed by atoms with Crippen molar-refractivity contribution in [2.75, 3.05) is 6.54 Å². The van der Waals surface area contributed by atoms with E-state index in [9.17, 15) is 12.8 Å². The lowest BCUT2D eigenvalue weighted by atomic mass is 10.2. The first-order chi connectivity index (χ1) is 13.4. The van der Waals surface area contributed by atoms with Crippen LogP contribution in [0.25, 0.3) is 11.4 Å². The highest BCUT2D eigenvalue weighted by Crippen LogP contribution is 2.36. The minimum atomic E-state index is -3.81. The van der Waals surface area contributed by atoms with Crippen molar-refractivity contribution in [2.24, 2.45) is 0 Å². The molecule has 0 N–H and O–H groups in total. The third-order valence-electron chi connectivity index (χ3n) is 4.77. The molecule has 1 atom stereocenters. The van der Waals surface area contributed by atoms with Crippen molar-refractivity contribution in [3.63, 3.8) is 0 Å². The Kier molecular flexibility index (Phi) is 4.95. The molecule has 1 aliphatic rings. The molecule has 0 spiro atoms. The SMILES string of the molecule is Cc1cc(S(=O)(=O)N2CCCC2c2nc(-c3ccc(Cl)cc3)no2)ccc1F. The van der Waals surface area contributed by atoms with Gasteiger partial charge in [-0.05, 0) is 67.8 Å². The molecular weight excluding hydrogens is 405 g/mol. The number of benzene rings is 2. The highest BCUT2D eigenvalue weighted by Gasteiger charge is 2.39. The molecule has 3 aromatic rings. The Morgan fingerprint density at radius 1 is 1.21 bits per heavy atom. The van der Waals surface area contributed by atoms with Gasteiger partial charge < -0.3 is 4.52 Å². The van der Waals surface area contributed by atoms with E-state index in [1.807, 2.05) is 0 Å². The summed E-state index contributed by atoms with van der Waals surface area (Å²) in [5, 5.41) is 4.57. The number of hydrogen-bond acceptors (Lipinski definition) is 5. The second-order valence-electron chi connectivity index (χ2n) is 6.65. The fourth-order valence-corrected chi connectivity index (χ4v) is 5.14. The van der Waals surface area contributed by atoms with Crippen LogP contribution in [0.3, 0.4) is 0 Å². The van der Waals surface area contributed by atoms with Crippen molar-refractivity contribution in [2.45, 2.75) is 30.7 Å². The number of aryl methyl sites for hydroxylation is 1. The Hall–Kier alpha value is -2.29. The van der Waals surface area contributed by atoms with E-state index in [0.717, 1.165) is 5.56 Å². The van der Waals surface area contributed by atoms with Crippen LogP contribution in [0.15, 0.2) is 51.9 Å². The van der Waals surface area contributed by atoms with Gasteiger partial charge in [-0.1, -0.05) is 16.8 Å². The van der Waals surface area contributed by atoms with E-state index in [2.05, 4.69) is 10.1 Å². The monoisotopic (exact) mass is 421 g/mol. The fourth-order valence-electron chi connectivity index (χ4n) is 3.27. The van der Waals surface area contributed by atoms with E-state index in [4.69, 9.17) is 16.1 Å². The molecule has 0 amide bonds. The average molecular weight is 422 g/mol. The van der Waals surface area contributed by atoms with Gasteiger partial charge in [0.2, 0.25) is 21.7 Å². The van der Waals surface area contributed by atoms with E-state index < -0.39 is 21.9 Å². The van der Waals surface area contributed by atoms with E-state index in [0.29, 0.717) is 30.2 Å². The maximum Gasteiger partial charge on any atom is 0.245 e. The van der Waals surface area contributed by atoms with Gasteiger partial charge in [-0.3, -0.25) is 0 Å². The Morgan fingerprint density at radius 2 is 1.96 bits per heavy atom. The normalized spacial score (nSPS) is 17.9. The number of halogens is 2. The van der Waals surface area contributed by atoms with Gasteiger partial charge in [0, 0.05) is 17.1 Å². The van der Waals surface area contributed by atoms with Gasteiger partial charge in [-0.15, -0.1) is 0 Å². The van der Waals surface area contributed by atoms with Crippen LogP contribution in [0, 0.1) is 12.7 Å². The summed E-state index contributed by atoms with van der Waals surface area (Å²) in [6.45, 7) is 1.87. The van der Waals surface area contributed by atoms with Crippen LogP contribution in [-0.4, -0.2) is 29.4 Å². The van der Waals surface area contributed by atoms with Crippen LogP contribution in [0.5, 0.6) is 0 Å². The first kappa shape index (κ1) is 19.0. The third kappa shape index (κ3) is 3.43. The van der Waals surface area contributed by atoms with Crippen molar-refractivity contribution in [3.05, 3.63) is 64.8 Å². The van der Waals surface area contributed by atoms with Gasteiger partial charge in [0.1, 0.15) is 11.9 Å². The van der Waals surface area contributed by atoms with Gasteiger partial charge >= 0.3 is 0 Å². The van der Waals surface area contributed by atoms with Crippen LogP contribution >= 0.6 is 11.6 Å². The Balaban J connectivity index is 1.65. The van der Waals surface area contributed by atoms with Gasteiger partial charge in [0.25, 0.3) is 0 Å². The van der Waals surface area contributed by atoms with E-state index >= 15 is 0 Å². The molecule has 6 nitrogen and oxygen atoms in total. The lowest BCUT2D eigenvalue weighted by Gasteiger charge is -2.21. The first-order valence-electron chi connectivity index (χ1n) is 8.74. The molecule has 0 aliphatic carbocycles. The van der Waals surface area contributed by atoms with Gasteiger partial charge in [-0.25, -0.2) is 12.8 Å². The molecule has 1 aliphatic heterocycles. The molecule has 0 bridgehead atoms. The van der Waals surface area contributed by atoms with Crippen molar-refractivity contribution in [1.29, 1.82) is 0 Å². The van der Waals surface area contributed by atoms with Crippen LogP contribution < -0.4 is 0 Å². The zero-order valence-electron chi connectivity index (χ0n) is 15.0. The topological polar surface area (TPSA) is 76.3 Å². The molecular formula is C19H17ClFN3O3S. The quantitative estimate of drug-likeness (QED) is 0.625. The molecule has 146 valence electrons. The third-order valence-corrected chi connectivity index (χ3v) is 6.93. The standard InChI is InChI=1S/C19H17ClFN3O3S/c1-12-11-15(8-9-16(12)21)28(25,26)24-10-2-3-17(24)19-22-18(23-27-19)13-4-6-14(20)7-5-13/h4-9,11,17H,2-3,10H2,1H3. The van der Waals surface area contributed by atoms with Gasteiger partial charge in [-0.2, -0.15) is 9.29 Å². The molecule has 4 rings (SSSR count). The van der Waals surface area contributed by atoms with Crippen LogP contribution in [0.2, 0.25) is 5.02 Å². The van der Waals surface area contributed by atoms with E-state index in [-0.39, 0.29) is 16.3 Å². The first-order valence-corrected chi connectivity index (χ1v) is 10.6. The van der Waals surface area contributed by atoms with Crippen LogP contribution in [0.1, 0.15) is 30.3 Å². The minimum absolute atomic E-state index is 0.0516. The van der Waals surface area contributed by atoms with E-state index in [1.165, 1.54) is 29.4 Å². The zero-order valence-corrected chi connectivity index (χ0v) is 16.5. The summed E-state index contributed by atoms with van der Waals surface area (Å²) in [6, 6.07) is 10.2. The van der Waals surface area contributed by atoms with Crippen LogP contribution in [0.4, 0.5) is 4.39 Å². The lowest BCUT2D eigenvalue weighted by Crippen LogP contribution is -2.31. The summed E-state index contributed by atoms with van der Waals surface area (Å²) >= 11 is 5.90. The van der Waals surface area contributed by atoms with Crippen LogP contribution in [-0.2, 0) is 10.0 Å². The summed E-state index contributed by atoms with van der Waals surface area (Å²) in [6.07, 6.45) is 1.24. The highest BCUT2D eigenvalue weighted by molar-refractivity contribution is 7.89. The average Bonchev–Trinajstić information content (AvgIpc) is 3.33. The zero-order chi connectivity index (χ0) is 19.9. The Labute approximate surface area is 167 Å². The molecule has 1 fully saturated rings. The molecule has 2 aromatic carbocycles. The Bertz CT molecular complexity index is 1120. The summed E-state index contributed by atoms with van der Waals surface area (Å²) in [5.41, 5.74) is 1.00.